The van der Waals surface area contributed by atoms with Gasteiger partial charge < -0.3 is 20.1 Å². The lowest BCUT2D eigenvalue weighted by Gasteiger charge is -2.30. The summed E-state index contributed by atoms with van der Waals surface area (Å²) in [6, 6.07) is 5.05. The van der Waals surface area contributed by atoms with E-state index >= 15 is 0 Å². The molecule has 0 aliphatic carbocycles. The summed E-state index contributed by atoms with van der Waals surface area (Å²) in [6.45, 7) is 2.90. The molecule has 0 radical (unpaired) electrons. The van der Waals surface area contributed by atoms with Crippen molar-refractivity contribution in [2.24, 2.45) is 5.73 Å². The number of hydrogen-bond donors (Lipinski definition) is 2. The van der Waals surface area contributed by atoms with Crippen molar-refractivity contribution in [1.82, 2.24) is 4.90 Å². The molecule has 104 valence electrons. The molecule has 1 unspecified atom stereocenters. The van der Waals surface area contributed by atoms with Crippen LogP contribution >= 0.6 is 11.6 Å². The van der Waals surface area contributed by atoms with Crippen LogP contribution in [0.1, 0.15) is 5.56 Å². The van der Waals surface area contributed by atoms with Gasteiger partial charge in [0.05, 0.1) is 12.2 Å². The second-order valence-electron chi connectivity index (χ2n) is 4.62. The summed E-state index contributed by atoms with van der Waals surface area (Å²) in [5.41, 5.74) is 6.07. The number of nitrogens with two attached hydrogens (primary N) is 1. The molecular formula is C13H18ClN3O2. The van der Waals surface area contributed by atoms with Crippen LogP contribution in [0.3, 0.4) is 0 Å². The summed E-state index contributed by atoms with van der Waals surface area (Å²) in [5.74, 6) is 0.491. The van der Waals surface area contributed by atoms with Crippen LogP contribution in [0.2, 0.25) is 5.02 Å². The first kappa shape index (κ1) is 14.1. The van der Waals surface area contributed by atoms with Crippen LogP contribution < -0.4 is 10.5 Å². The molecule has 1 saturated heterocycles. The van der Waals surface area contributed by atoms with Crippen LogP contribution in [0.4, 0.5) is 0 Å². The number of nitrogens with zero attached hydrogens (tertiary/aromatic N) is 1. The summed E-state index contributed by atoms with van der Waals surface area (Å²) < 4.78 is 11.3. The second-order valence-corrected chi connectivity index (χ2v) is 5.06. The molecule has 1 aromatic carbocycles. The highest BCUT2D eigenvalue weighted by atomic mass is 35.5. The molecule has 5 nitrogen and oxygen atoms in total. The first-order valence-corrected chi connectivity index (χ1v) is 6.51. The van der Waals surface area contributed by atoms with Crippen LogP contribution in [-0.2, 0) is 4.74 Å². The van der Waals surface area contributed by atoms with Crippen molar-refractivity contribution in [1.29, 1.82) is 5.41 Å². The highest BCUT2D eigenvalue weighted by Gasteiger charge is 2.19. The van der Waals surface area contributed by atoms with Crippen LogP contribution in [0.25, 0.3) is 0 Å². The smallest absolute Gasteiger partial charge is 0.131 e. The van der Waals surface area contributed by atoms with E-state index in [-0.39, 0.29) is 11.9 Å². The average Bonchev–Trinajstić information content (AvgIpc) is 2.36. The normalized spacial score (nSPS) is 20.2. The summed E-state index contributed by atoms with van der Waals surface area (Å²) >= 11 is 5.94. The molecular weight excluding hydrogens is 266 g/mol. The predicted molar refractivity (Wildman–Crippen MR) is 75.2 cm³/mol. The molecule has 0 saturated carbocycles. The molecule has 1 atom stereocenters. The monoisotopic (exact) mass is 283 g/mol. The third-order valence-corrected chi connectivity index (χ3v) is 3.24. The van der Waals surface area contributed by atoms with E-state index in [1.54, 1.807) is 18.2 Å². The third kappa shape index (κ3) is 3.83. The Hall–Kier alpha value is -1.30. The lowest BCUT2D eigenvalue weighted by Crippen LogP contribution is -2.42. The number of nitrogens with one attached hydrogen (secondary N) is 1. The lowest BCUT2D eigenvalue weighted by atomic mass is 10.2. The Morgan fingerprint density at radius 3 is 3.11 bits per heavy atom. The Balaban J connectivity index is 2.02. The Labute approximate surface area is 117 Å². The molecule has 2 rings (SSSR count). The Morgan fingerprint density at radius 2 is 2.42 bits per heavy atom. The number of hydrogen-bond acceptors (Lipinski definition) is 4. The van der Waals surface area contributed by atoms with E-state index < -0.39 is 0 Å². The number of nitrogen functional groups attached to an aromatic ring is 1. The van der Waals surface area contributed by atoms with Gasteiger partial charge in [-0.2, -0.15) is 0 Å². The van der Waals surface area contributed by atoms with E-state index in [0.29, 0.717) is 29.5 Å². The van der Waals surface area contributed by atoms with Crippen molar-refractivity contribution in [3.8, 4) is 5.75 Å². The van der Waals surface area contributed by atoms with E-state index in [1.165, 1.54) is 0 Å². The third-order valence-electron chi connectivity index (χ3n) is 3.00. The molecule has 1 aromatic rings. The van der Waals surface area contributed by atoms with Gasteiger partial charge in [0, 0.05) is 18.1 Å². The number of likely N-dealkylation sites (N-methyl/N-ethyl adjacent to an activating group) is 1. The molecule has 6 heteroatoms. The van der Waals surface area contributed by atoms with Crippen molar-refractivity contribution in [2.45, 2.75) is 6.10 Å². The molecule has 1 heterocycles. The molecule has 0 spiro atoms. The van der Waals surface area contributed by atoms with E-state index in [2.05, 4.69) is 11.9 Å². The zero-order valence-electron chi connectivity index (χ0n) is 10.9. The zero-order chi connectivity index (χ0) is 13.8. The standard InChI is InChI=1S/C13H18ClN3O2/c1-17-4-5-18-10(7-17)8-19-12-6-9(14)2-3-11(12)13(15)16/h2-3,6,10H,4-5,7-8H2,1H3,(H3,15,16). The maximum Gasteiger partial charge on any atom is 0.131 e. The maximum atomic E-state index is 7.52. The van der Waals surface area contributed by atoms with Crippen molar-refractivity contribution >= 4 is 17.4 Å². The van der Waals surface area contributed by atoms with E-state index in [9.17, 15) is 0 Å². The summed E-state index contributed by atoms with van der Waals surface area (Å²) in [6.07, 6.45) is 0.0255. The number of amidine groups is 1. The molecule has 0 bridgehead atoms. The SMILES string of the molecule is CN1CCOC(COc2cc(Cl)ccc2C(=N)N)C1. The second kappa shape index (κ2) is 6.23. The van der Waals surface area contributed by atoms with Gasteiger partial charge in [-0.25, -0.2) is 0 Å². The number of halogens is 1. The van der Waals surface area contributed by atoms with E-state index in [1.807, 2.05) is 0 Å². The minimum Gasteiger partial charge on any atom is -0.490 e. The summed E-state index contributed by atoms with van der Waals surface area (Å²) in [5, 5.41) is 8.07. The fraction of sp³-hybridized carbons (Fsp3) is 0.462. The van der Waals surface area contributed by atoms with Gasteiger partial charge in [-0.15, -0.1) is 0 Å². The zero-order valence-corrected chi connectivity index (χ0v) is 11.6. The van der Waals surface area contributed by atoms with Gasteiger partial charge in [-0.3, -0.25) is 5.41 Å². The fourth-order valence-electron chi connectivity index (χ4n) is 1.99. The minimum atomic E-state index is -0.0339. The molecule has 1 aliphatic heterocycles. The van der Waals surface area contributed by atoms with Gasteiger partial charge in [0.1, 0.15) is 24.3 Å². The van der Waals surface area contributed by atoms with E-state index in [4.69, 9.17) is 32.2 Å². The number of morpholine rings is 1. The van der Waals surface area contributed by atoms with Gasteiger partial charge >= 0.3 is 0 Å². The molecule has 1 aliphatic rings. The van der Waals surface area contributed by atoms with Crippen molar-refractivity contribution in [3.63, 3.8) is 0 Å². The predicted octanol–water partition coefficient (Wildman–Crippen LogP) is 1.33. The number of rotatable bonds is 4. The Kier molecular flexibility index (Phi) is 4.63. The van der Waals surface area contributed by atoms with Crippen LogP contribution in [-0.4, -0.2) is 50.2 Å². The van der Waals surface area contributed by atoms with E-state index in [0.717, 1.165) is 13.1 Å². The number of ether oxygens (including phenoxy) is 2. The van der Waals surface area contributed by atoms with Gasteiger partial charge in [-0.05, 0) is 25.2 Å². The topological polar surface area (TPSA) is 71.6 Å². The molecule has 19 heavy (non-hydrogen) atoms. The largest absolute Gasteiger partial charge is 0.490 e. The highest BCUT2D eigenvalue weighted by molar-refractivity contribution is 6.30. The lowest BCUT2D eigenvalue weighted by molar-refractivity contribution is -0.0403. The summed E-state index contributed by atoms with van der Waals surface area (Å²) in [7, 11) is 2.05. The van der Waals surface area contributed by atoms with Crippen LogP contribution in [0.5, 0.6) is 5.75 Å². The van der Waals surface area contributed by atoms with Crippen molar-refractivity contribution in [2.75, 3.05) is 33.4 Å². The van der Waals surface area contributed by atoms with Crippen molar-refractivity contribution in [3.05, 3.63) is 28.8 Å². The van der Waals surface area contributed by atoms with Gasteiger partial charge in [-0.1, -0.05) is 11.6 Å². The molecule has 1 fully saturated rings. The number of benzene rings is 1. The van der Waals surface area contributed by atoms with Crippen molar-refractivity contribution < 1.29 is 9.47 Å². The maximum absolute atomic E-state index is 7.52. The quantitative estimate of drug-likeness (QED) is 0.646. The Morgan fingerprint density at radius 1 is 1.63 bits per heavy atom. The van der Waals surface area contributed by atoms with Gasteiger partial charge in [0.15, 0.2) is 0 Å². The molecule has 0 amide bonds. The Bertz CT molecular complexity index is 467. The first-order chi connectivity index (χ1) is 9.06. The summed E-state index contributed by atoms with van der Waals surface area (Å²) in [4.78, 5) is 2.20. The first-order valence-electron chi connectivity index (χ1n) is 6.13. The van der Waals surface area contributed by atoms with Crippen LogP contribution in [0.15, 0.2) is 18.2 Å². The average molecular weight is 284 g/mol. The highest BCUT2D eigenvalue weighted by Crippen LogP contribution is 2.23. The van der Waals surface area contributed by atoms with Gasteiger partial charge in [0.25, 0.3) is 0 Å². The van der Waals surface area contributed by atoms with Gasteiger partial charge in [0.2, 0.25) is 0 Å². The fourth-order valence-corrected chi connectivity index (χ4v) is 2.15. The minimum absolute atomic E-state index is 0.0255. The molecule has 3 N–H and O–H groups in total. The molecule has 0 aromatic heterocycles. The van der Waals surface area contributed by atoms with Crippen LogP contribution in [0, 0.1) is 5.41 Å².